The van der Waals surface area contributed by atoms with Crippen LogP contribution in [0.25, 0.3) is 0 Å². The molecule has 3 aromatic rings. The van der Waals surface area contributed by atoms with Gasteiger partial charge in [0.1, 0.15) is 30.0 Å². The highest BCUT2D eigenvalue weighted by Gasteiger charge is 2.33. The number of esters is 1. The number of amides is 1. The van der Waals surface area contributed by atoms with Gasteiger partial charge in [-0.1, -0.05) is 23.7 Å². The Bertz CT molecular complexity index is 1120. The van der Waals surface area contributed by atoms with Gasteiger partial charge in [0.05, 0.1) is 7.11 Å². The minimum Gasteiger partial charge on any atom is -0.486 e. The molecule has 1 unspecified atom stereocenters. The maximum Gasteiger partial charge on any atom is 0.327 e. The second kappa shape index (κ2) is 10.7. The van der Waals surface area contributed by atoms with Crippen molar-refractivity contribution < 1.29 is 27.9 Å². The lowest BCUT2D eigenvalue weighted by Gasteiger charge is -2.38. The Morgan fingerprint density at radius 3 is 2.32 bits per heavy atom. The van der Waals surface area contributed by atoms with Crippen LogP contribution in [0.5, 0.6) is 5.75 Å². The molecule has 7 nitrogen and oxygen atoms in total. The van der Waals surface area contributed by atoms with Crippen molar-refractivity contribution in [1.29, 1.82) is 0 Å². The lowest BCUT2D eigenvalue weighted by Crippen LogP contribution is -2.51. The van der Waals surface area contributed by atoms with Gasteiger partial charge in [-0.3, -0.25) is 9.69 Å². The normalized spacial score (nSPS) is 15.1. The number of ether oxygens (including phenoxy) is 2. The van der Waals surface area contributed by atoms with Crippen molar-refractivity contribution in [3.63, 3.8) is 0 Å². The summed E-state index contributed by atoms with van der Waals surface area (Å²) in [5, 5.41) is 0.587. The van der Waals surface area contributed by atoms with Crippen molar-refractivity contribution in [2.45, 2.75) is 12.6 Å². The van der Waals surface area contributed by atoms with Crippen molar-refractivity contribution in [2.24, 2.45) is 0 Å². The first kappa shape index (κ1) is 23.8. The molecule has 0 saturated carbocycles. The number of furan rings is 1. The lowest BCUT2D eigenvalue weighted by atomic mass is 10.0. The molecule has 1 aliphatic heterocycles. The van der Waals surface area contributed by atoms with Gasteiger partial charge < -0.3 is 18.8 Å². The number of carbonyl (C=O) groups excluding carboxylic acids is 2. The Hall–Kier alpha value is -3.36. The Morgan fingerprint density at radius 2 is 1.68 bits per heavy atom. The number of rotatable bonds is 7. The van der Waals surface area contributed by atoms with E-state index in [1.807, 2.05) is 4.90 Å². The van der Waals surface area contributed by atoms with E-state index in [1.54, 1.807) is 41.3 Å². The molecule has 178 valence electrons. The number of halogens is 2. The van der Waals surface area contributed by atoms with E-state index in [-0.39, 0.29) is 30.1 Å². The first-order valence-electron chi connectivity index (χ1n) is 10.8. The highest BCUT2D eigenvalue weighted by Crippen LogP contribution is 2.26. The van der Waals surface area contributed by atoms with Crippen LogP contribution in [0.1, 0.15) is 27.9 Å². The van der Waals surface area contributed by atoms with E-state index < -0.39 is 6.04 Å². The average Bonchev–Trinajstić information content (AvgIpc) is 3.34. The predicted octanol–water partition coefficient (Wildman–Crippen LogP) is 4.32. The number of hydrogen-bond acceptors (Lipinski definition) is 6. The second-order valence-electron chi connectivity index (χ2n) is 7.81. The smallest absolute Gasteiger partial charge is 0.327 e. The summed E-state index contributed by atoms with van der Waals surface area (Å²) >= 11 is 5.98. The Kier molecular flexibility index (Phi) is 7.49. The highest BCUT2D eigenvalue weighted by atomic mass is 35.5. The van der Waals surface area contributed by atoms with E-state index in [0.29, 0.717) is 42.7 Å². The largest absolute Gasteiger partial charge is 0.486 e. The quantitative estimate of drug-likeness (QED) is 0.463. The van der Waals surface area contributed by atoms with Crippen LogP contribution in [-0.4, -0.2) is 55.0 Å². The highest BCUT2D eigenvalue weighted by molar-refractivity contribution is 6.30. The summed E-state index contributed by atoms with van der Waals surface area (Å²) in [6, 6.07) is 15.5. The topological polar surface area (TPSA) is 72.2 Å². The van der Waals surface area contributed by atoms with Gasteiger partial charge in [0.2, 0.25) is 0 Å². The molecule has 2 aromatic carbocycles. The van der Waals surface area contributed by atoms with Gasteiger partial charge in [-0.05, 0) is 54.1 Å². The van der Waals surface area contributed by atoms with Crippen LogP contribution >= 0.6 is 11.6 Å². The molecule has 1 aliphatic rings. The van der Waals surface area contributed by atoms with Gasteiger partial charge in [-0.15, -0.1) is 0 Å². The van der Waals surface area contributed by atoms with Gasteiger partial charge in [0.25, 0.3) is 5.91 Å². The van der Waals surface area contributed by atoms with Crippen LogP contribution in [0.15, 0.2) is 65.1 Å². The van der Waals surface area contributed by atoms with E-state index >= 15 is 0 Å². The van der Waals surface area contributed by atoms with Crippen LogP contribution in [0.3, 0.4) is 0 Å². The summed E-state index contributed by atoms with van der Waals surface area (Å²) in [4.78, 5) is 29.1. The summed E-state index contributed by atoms with van der Waals surface area (Å²) in [7, 11) is 1.36. The molecule has 0 bridgehead atoms. The molecule has 0 radical (unpaired) electrons. The molecule has 1 amide bonds. The number of nitrogens with zero attached hydrogens (tertiary/aromatic N) is 2. The summed E-state index contributed by atoms with van der Waals surface area (Å²) in [6.45, 7) is 1.98. The molecule has 1 atom stereocenters. The summed E-state index contributed by atoms with van der Waals surface area (Å²) in [6.07, 6.45) is 0. The van der Waals surface area contributed by atoms with Gasteiger partial charge >= 0.3 is 5.97 Å². The lowest BCUT2D eigenvalue weighted by molar-refractivity contribution is -0.148. The van der Waals surface area contributed by atoms with Crippen LogP contribution in [0.4, 0.5) is 4.39 Å². The molecular formula is C25H24ClFN2O5. The molecular weight excluding hydrogens is 463 g/mol. The monoisotopic (exact) mass is 486 g/mol. The third kappa shape index (κ3) is 5.58. The number of benzene rings is 2. The molecule has 1 saturated heterocycles. The van der Waals surface area contributed by atoms with Crippen LogP contribution in [0, 0.1) is 5.82 Å². The fraction of sp³-hybridized carbons (Fsp3) is 0.280. The molecule has 0 aliphatic carbocycles. The fourth-order valence-electron chi connectivity index (χ4n) is 3.85. The van der Waals surface area contributed by atoms with Crippen LogP contribution in [0.2, 0.25) is 5.02 Å². The Balaban J connectivity index is 1.35. The molecule has 0 spiro atoms. The van der Waals surface area contributed by atoms with Crippen molar-refractivity contribution >= 4 is 23.5 Å². The molecule has 1 fully saturated rings. The average molecular weight is 487 g/mol. The number of hydrogen-bond donors (Lipinski definition) is 0. The Morgan fingerprint density at radius 1 is 1.00 bits per heavy atom. The first-order valence-corrected chi connectivity index (χ1v) is 11.2. The third-order valence-corrected chi connectivity index (χ3v) is 5.90. The molecule has 4 rings (SSSR count). The molecule has 34 heavy (non-hydrogen) atoms. The van der Waals surface area contributed by atoms with E-state index in [4.69, 9.17) is 25.5 Å². The standard InChI is InChI=1S/C25H24ClFN2O5/c1-32-25(31)23(17-2-4-18(26)5-3-17)28-12-14-29(15-13-28)24(30)22-11-10-21(34-22)16-33-20-8-6-19(27)7-9-20/h2-11,23H,12-16H2,1H3. The Labute approximate surface area is 201 Å². The van der Waals surface area contributed by atoms with Crippen LogP contribution < -0.4 is 4.74 Å². The SMILES string of the molecule is COC(=O)C(c1ccc(Cl)cc1)N1CCN(C(=O)c2ccc(COc3ccc(F)cc3)o2)CC1. The number of methoxy groups -OCH3 is 1. The maximum absolute atomic E-state index is 13.0. The second-order valence-corrected chi connectivity index (χ2v) is 8.25. The first-order chi connectivity index (χ1) is 16.4. The molecule has 2 heterocycles. The van der Waals surface area contributed by atoms with Gasteiger partial charge in [-0.25, -0.2) is 9.18 Å². The summed E-state index contributed by atoms with van der Waals surface area (Å²) in [5.41, 5.74) is 0.785. The zero-order chi connectivity index (χ0) is 24.1. The number of carbonyl (C=O) groups is 2. The van der Waals surface area contributed by atoms with E-state index in [9.17, 15) is 14.0 Å². The maximum atomic E-state index is 13.0. The minimum absolute atomic E-state index is 0.120. The zero-order valence-corrected chi connectivity index (χ0v) is 19.3. The molecule has 0 N–H and O–H groups in total. The van der Waals surface area contributed by atoms with Crippen molar-refractivity contribution in [3.8, 4) is 5.75 Å². The van der Waals surface area contributed by atoms with Gasteiger partial charge in [0.15, 0.2) is 5.76 Å². The van der Waals surface area contributed by atoms with E-state index in [0.717, 1.165) is 5.56 Å². The van der Waals surface area contributed by atoms with Crippen molar-refractivity contribution in [3.05, 3.63) is 88.6 Å². The predicted molar refractivity (Wildman–Crippen MR) is 123 cm³/mol. The van der Waals surface area contributed by atoms with Gasteiger partial charge in [0, 0.05) is 31.2 Å². The minimum atomic E-state index is -0.571. The number of piperazine rings is 1. The van der Waals surface area contributed by atoms with E-state index in [2.05, 4.69) is 0 Å². The van der Waals surface area contributed by atoms with Crippen molar-refractivity contribution in [2.75, 3.05) is 33.3 Å². The van der Waals surface area contributed by atoms with Crippen LogP contribution in [-0.2, 0) is 16.1 Å². The van der Waals surface area contributed by atoms with Gasteiger partial charge in [-0.2, -0.15) is 0 Å². The molecule has 1 aromatic heterocycles. The van der Waals surface area contributed by atoms with E-state index in [1.165, 1.54) is 31.4 Å². The summed E-state index contributed by atoms with van der Waals surface area (Å²) < 4.78 is 29.2. The van der Waals surface area contributed by atoms with Crippen molar-refractivity contribution in [1.82, 2.24) is 9.80 Å². The zero-order valence-electron chi connectivity index (χ0n) is 18.6. The summed E-state index contributed by atoms with van der Waals surface area (Å²) in [5.74, 6) is 0.271. The molecule has 9 heteroatoms. The fourth-order valence-corrected chi connectivity index (χ4v) is 3.97. The third-order valence-electron chi connectivity index (χ3n) is 5.64.